The standard InChI is InChI=1S/C33H28O5/c34-29(23-37-30-17-11-26(12-18-30)14-22-32(35)27-9-5-2-6-10-27)24-38-31-19-15-28(16-20-31)33(36)21-13-25-7-3-1-4-8-25/h1-22,29,34H,23-24H2/b21-13+,22-14+/t29-/m0/s1. The molecule has 5 nitrogen and oxygen atoms in total. The van der Waals surface area contributed by atoms with Crippen LogP contribution in [0.3, 0.4) is 0 Å². The fourth-order valence-electron chi connectivity index (χ4n) is 3.53. The molecule has 4 aromatic carbocycles. The van der Waals surface area contributed by atoms with Gasteiger partial charge in [-0.15, -0.1) is 0 Å². The van der Waals surface area contributed by atoms with Crippen LogP contribution in [0, 0.1) is 0 Å². The lowest BCUT2D eigenvalue weighted by atomic mass is 10.1. The molecule has 38 heavy (non-hydrogen) atoms. The zero-order chi connectivity index (χ0) is 26.6. The van der Waals surface area contributed by atoms with E-state index < -0.39 is 6.10 Å². The molecule has 0 saturated heterocycles. The number of aliphatic hydroxyl groups excluding tert-OH is 1. The Morgan fingerprint density at radius 2 is 1.00 bits per heavy atom. The van der Waals surface area contributed by atoms with E-state index >= 15 is 0 Å². The molecule has 1 N–H and O–H groups in total. The highest BCUT2D eigenvalue weighted by Gasteiger charge is 2.08. The summed E-state index contributed by atoms with van der Waals surface area (Å²) >= 11 is 0. The van der Waals surface area contributed by atoms with Crippen molar-refractivity contribution in [1.29, 1.82) is 0 Å². The van der Waals surface area contributed by atoms with Crippen LogP contribution < -0.4 is 9.47 Å². The van der Waals surface area contributed by atoms with Crippen molar-refractivity contribution in [1.82, 2.24) is 0 Å². The summed E-state index contributed by atoms with van der Waals surface area (Å²) in [4.78, 5) is 24.5. The fraction of sp³-hybridized carbons (Fsp3) is 0.0909. The van der Waals surface area contributed by atoms with Gasteiger partial charge in [-0.1, -0.05) is 84.9 Å². The first-order valence-electron chi connectivity index (χ1n) is 12.3. The highest BCUT2D eigenvalue weighted by atomic mass is 16.5. The van der Waals surface area contributed by atoms with Gasteiger partial charge in [-0.2, -0.15) is 0 Å². The molecule has 190 valence electrons. The SMILES string of the molecule is O=C(/C=C/c1ccc(OC[C@H](O)COc2ccc(C(=O)/C=C/c3ccccc3)cc2)cc1)c1ccccc1. The molecular weight excluding hydrogens is 476 g/mol. The Hall–Kier alpha value is -4.74. The Morgan fingerprint density at radius 1 is 0.579 bits per heavy atom. The molecule has 0 unspecified atom stereocenters. The molecule has 1 atom stereocenters. The summed E-state index contributed by atoms with van der Waals surface area (Å²) in [5, 5.41) is 10.2. The molecule has 0 fully saturated rings. The number of benzene rings is 4. The van der Waals surface area contributed by atoms with Gasteiger partial charge in [0.1, 0.15) is 30.8 Å². The van der Waals surface area contributed by atoms with Gasteiger partial charge >= 0.3 is 0 Å². The average molecular weight is 505 g/mol. The second-order valence-corrected chi connectivity index (χ2v) is 8.54. The Balaban J connectivity index is 1.19. The summed E-state index contributed by atoms with van der Waals surface area (Å²) in [5.74, 6) is 0.990. The van der Waals surface area contributed by atoms with E-state index in [2.05, 4.69) is 0 Å². The first kappa shape index (κ1) is 26.3. The Bertz CT molecular complexity index is 1370. The summed E-state index contributed by atoms with van der Waals surface area (Å²) in [5.41, 5.74) is 3.01. The smallest absolute Gasteiger partial charge is 0.185 e. The molecule has 0 amide bonds. The van der Waals surface area contributed by atoms with Gasteiger partial charge in [-0.05, 0) is 59.7 Å². The maximum atomic E-state index is 12.4. The van der Waals surface area contributed by atoms with Crippen LogP contribution in [0.15, 0.2) is 121 Å². The third kappa shape index (κ3) is 8.15. The minimum absolute atomic E-state index is 0.0453. The Kier molecular flexibility index (Phi) is 9.38. The Morgan fingerprint density at radius 3 is 1.53 bits per heavy atom. The monoisotopic (exact) mass is 504 g/mol. The summed E-state index contributed by atoms with van der Waals surface area (Å²) < 4.78 is 11.3. The molecular formula is C33H28O5. The molecule has 0 aromatic heterocycles. The summed E-state index contributed by atoms with van der Waals surface area (Å²) in [6, 6.07) is 32.7. The maximum absolute atomic E-state index is 12.4. The molecule has 0 spiro atoms. The molecule has 4 aromatic rings. The molecule has 0 bridgehead atoms. The highest BCUT2D eigenvalue weighted by molar-refractivity contribution is 6.07. The van der Waals surface area contributed by atoms with E-state index in [-0.39, 0.29) is 24.8 Å². The van der Waals surface area contributed by atoms with E-state index in [9.17, 15) is 14.7 Å². The molecule has 0 heterocycles. The number of allylic oxidation sites excluding steroid dienone is 2. The van der Waals surface area contributed by atoms with E-state index in [1.807, 2.05) is 60.7 Å². The lowest BCUT2D eigenvalue weighted by Crippen LogP contribution is -2.25. The summed E-state index contributed by atoms with van der Waals surface area (Å²) in [6.45, 7) is 0.103. The predicted molar refractivity (Wildman–Crippen MR) is 149 cm³/mol. The molecule has 0 aliphatic rings. The number of hydrogen-bond donors (Lipinski definition) is 1. The largest absolute Gasteiger partial charge is 0.491 e. The van der Waals surface area contributed by atoms with Gasteiger partial charge in [-0.3, -0.25) is 9.59 Å². The zero-order valence-electron chi connectivity index (χ0n) is 20.8. The van der Waals surface area contributed by atoms with Crippen LogP contribution in [-0.2, 0) is 0 Å². The van der Waals surface area contributed by atoms with Crippen LogP contribution in [0.5, 0.6) is 11.5 Å². The highest BCUT2D eigenvalue weighted by Crippen LogP contribution is 2.16. The minimum Gasteiger partial charge on any atom is -0.491 e. The molecule has 0 saturated carbocycles. The van der Waals surface area contributed by atoms with E-state index in [0.29, 0.717) is 22.6 Å². The first-order valence-corrected chi connectivity index (χ1v) is 12.3. The van der Waals surface area contributed by atoms with E-state index in [4.69, 9.17) is 9.47 Å². The van der Waals surface area contributed by atoms with Gasteiger partial charge < -0.3 is 14.6 Å². The van der Waals surface area contributed by atoms with Gasteiger partial charge in [0.2, 0.25) is 0 Å². The molecule has 0 aliphatic heterocycles. The van der Waals surface area contributed by atoms with Crippen molar-refractivity contribution < 1.29 is 24.2 Å². The van der Waals surface area contributed by atoms with Crippen LogP contribution in [-0.4, -0.2) is 36.0 Å². The van der Waals surface area contributed by atoms with E-state index in [1.165, 1.54) is 6.08 Å². The topological polar surface area (TPSA) is 72.8 Å². The van der Waals surface area contributed by atoms with Crippen molar-refractivity contribution in [2.24, 2.45) is 0 Å². The third-order valence-corrected chi connectivity index (χ3v) is 5.62. The number of carbonyl (C=O) groups is 2. The van der Waals surface area contributed by atoms with Crippen LogP contribution in [0.1, 0.15) is 31.8 Å². The third-order valence-electron chi connectivity index (χ3n) is 5.62. The number of rotatable bonds is 12. The van der Waals surface area contributed by atoms with Crippen LogP contribution in [0.2, 0.25) is 0 Å². The second kappa shape index (κ2) is 13.5. The van der Waals surface area contributed by atoms with Crippen molar-refractivity contribution in [3.63, 3.8) is 0 Å². The lowest BCUT2D eigenvalue weighted by molar-refractivity contribution is 0.0626. The van der Waals surface area contributed by atoms with E-state index in [1.54, 1.807) is 66.8 Å². The zero-order valence-corrected chi connectivity index (χ0v) is 20.8. The van der Waals surface area contributed by atoms with Gasteiger partial charge in [0.15, 0.2) is 11.6 Å². The number of aliphatic hydroxyl groups is 1. The van der Waals surface area contributed by atoms with E-state index in [0.717, 1.165) is 11.1 Å². The predicted octanol–water partition coefficient (Wildman–Crippen LogP) is 6.30. The number of carbonyl (C=O) groups excluding carboxylic acids is 2. The van der Waals surface area contributed by atoms with Crippen LogP contribution in [0.25, 0.3) is 12.2 Å². The second-order valence-electron chi connectivity index (χ2n) is 8.54. The quantitative estimate of drug-likeness (QED) is 0.181. The van der Waals surface area contributed by atoms with Crippen molar-refractivity contribution in [3.05, 3.63) is 144 Å². The van der Waals surface area contributed by atoms with Crippen molar-refractivity contribution in [2.75, 3.05) is 13.2 Å². The van der Waals surface area contributed by atoms with Gasteiger partial charge in [0, 0.05) is 11.1 Å². The molecule has 0 radical (unpaired) electrons. The molecule has 4 rings (SSSR count). The number of ketones is 2. The van der Waals surface area contributed by atoms with Gasteiger partial charge in [0.25, 0.3) is 0 Å². The van der Waals surface area contributed by atoms with Crippen molar-refractivity contribution in [2.45, 2.75) is 6.10 Å². The average Bonchev–Trinajstić information content (AvgIpc) is 2.98. The molecule has 5 heteroatoms. The van der Waals surface area contributed by atoms with Crippen molar-refractivity contribution in [3.8, 4) is 11.5 Å². The van der Waals surface area contributed by atoms with Crippen molar-refractivity contribution >= 4 is 23.7 Å². The lowest BCUT2D eigenvalue weighted by Gasteiger charge is -2.14. The van der Waals surface area contributed by atoms with Gasteiger partial charge in [-0.25, -0.2) is 0 Å². The van der Waals surface area contributed by atoms with Gasteiger partial charge in [0.05, 0.1) is 0 Å². The summed E-state index contributed by atoms with van der Waals surface area (Å²) in [6.07, 6.45) is 5.77. The maximum Gasteiger partial charge on any atom is 0.185 e. The van der Waals surface area contributed by atoms with Crippen LogP contribution >= 0.6 is 0 Å². The number of ether oxygens (including phenoxy) is 2. The normalized spacial score (nSPS) is 11.9. The molecule has 0 aliphatic carbocycles. The summed E-state index contributed by atoms with van der Waals surface area (Å²) in [7, 11) is 0. The first-order chi connectivity index (χ1) is 18.6. The fourth-order valence-corrected chi connectivity index (χ4v) is 3.53. The minimum atomic E-state index is -0.840. The van der Waals surface area contributed by atoms with Crippen LogP contribution in [0.4, 0.5) is 0 Å². The number of hydrogen-bond acceptors (Lipinski definition) is 5. The Labute approximate surface area is 222 Å².